The number of esters is 3. The van der Waals surface area contributed by atoms with E-state index in [4.69, 9.17) is 18.9 Å². The number of ether oxygens (including phenoxy) is 4. The van der Waals surface area contributed by atoms with Crippen molar-refractivity contribution in [3.8, 4) is 5.75 Å². The number of aromatic nitrogens is 1. The predicted molar refractivity (Wildman–Crippen MR) is 113 cm³/mol. The molecule has 0 spiro atoms. The summed E-state index contributed by atoms with van der Waals surface area (Å²) < 4.78 is 21.0. The molecule has 0 saturated carbocycles. The average Bonchev–Trinajstić information content (AvgIpc) is 3.09. The molecule has 0 bridgehead atoms. The van der Waals surface area contributed by atoms with E-state index in [2.05, 4.69) is 11.9 Å². The molecule has 8 heteroatoms. The Morgan fingerprint density at radius 1 is 0.871 bits per heavy atom. The summed E-state index contributed by atoms with van der Waals surface area (Å²) in [4.78, 5) is 39.8. The van der Waals surface area contributed by atoms with Gasteiger partial charge < -0.3 is 23.9 Å². The van der Waals surface area contributed by atoms with Crippen LogP contribution in [-0.4, -0.2) is 42.7 Å². The zero-order valence-electron chi connectivity index (χ0n) is 18.4. The Hall–Kier alpha value is -3.29. The van der Waals surface area contributed by atoms with E-state index in [9.17, 15) is 14.4 Å². The molecule has 0 atom stereocenters. The van der Waals surface area contributed by atoms with Crippen LogP contribution in [0.5, 0.6) is 5.75 Å². The molecule has 1 aromatic heterocycles. The number of hydrogen-bond donors (Lipinski definition) is 1. The van der Waals surface area contributed by atoms with Crippen LogP contribution >= 0.6 is 0 Å². The van der Waals surface area contributed by atoms with Crippen LogP contribution in [0.4, 0.5) is 0 Å². The van der Waals surface area contributed by atoms with E-state index in [1.807, 2.05) is 0 Å². The molecule has 0 saturated heterocycles. The van der Waals surface area contributed by atoms with Crippen molar-refractivity contribution in [3.05, 3.63) is 52.3 Å². The summed E-state index contributed by atoms with van der Waals surface area (Å²) in [5, 5.41) is 0. The van der Waals surface area contributed by atoms with E-state index in [0.717, 1.165) is 12.8 Å². The molecule has 1 heterocycles. The Bertz CT molecular complexity index is 899. The zero-order valence-corrected chi connectivity index (χ0v) is 18.4. The second-order valence-corrected chi connectivity index (χ2v) is 6.72. The molecule has 168 valence electrons. The molecule has 31 heavy (non-hydrogen) atoms. The second-order valence-electron chi connectivity index (χ2n) is 6.72. The molecule has 0 aliphatic carbocycles. The smallest absolute Gasteiger partial charge is 0.355 e. The first-order valence-corrected chi connectivity index (χ1v) is 10.4. The van der Waals surface area contributed by atoms with Gasteiger partial charge in [0.1, 0.15) is 18.1 Å². The Morgan fingerprint density at radius 3 is 2.13 bits per heavy atom. The normalized spacial score (nSPS) is 10.5. The number of aromatic amines is 1. The fourth-order valence-corrected chi connectivity index (χ4v) is 2.90. The summed E-state index contributed by atoms with van der Waals surface area (Å²) in [5.41, 5.74) is 1.29. The summed E-state index contributed by atoms with van der Waals surface area (Å²) in [7, 11) is 0. The standard InChI is InChI=1S/C23H29NO7/c1-5-8-13-30-17-11-9-16(10-12-17)21(25)31-14-18-19(22(26)28-6-2)15(4)20(24-18)23(27)29-7-3/h9-12,24H,5-8,13-14H2,1-4H3. The van der Waals surface area contributed by atoms with Gasteiger partial charge in [0, 0.05) is 0 Å². The number of carbonyl (C=O) groups is 3. The van der Waals surface area contributed by atoms with Gasteiger partial charge in [-0.2, -0.15) is 0 Å². The van der Waals surface area contributed by atoms with Gasteiger partial charge in [-0.3, -0.25) is 0 Å². The summed E-state index contributed by atoms with van der Waals surface area (Å²) in [6, 6.07) is 6.63. The second kappa shape index (κ2) is 11.8. The highest BCUT2D eigenvalue weighted by atomic mass is 16.5. The molecule has 0 aliphatic heterocycles. The molecule has 0 radical (unpaired) electrons. The fourth-order valence-electron chi connectivity index (χ4n) is 2.90. The van der Waals surface area contributed by atoms with Gasteiger partial charge in [-0.15, -0.1) is 0 Å². The van der Waals surface area contributed by atoms with Gasteiger partial charge in [-0.05, 0) is 57.0 Å². The van der Waals surface area contributed by atoms with E-state index in [1.165, 1.54) is 0 Å². The van der Waals surface area contributed by atoms with Gasteiger partial charge in [0.05, 0.1) is 36.6 Å². The minimum absolute atomic E-state index is 0.129. The van der Waals surface area contributed by atoms with Crippen LogP contribution in [-0.2, 0) is 20.8 Å². The lowest BCUT2D eigenvalue weighted by atomic mass is 10.1. The van der Waals surface area contributed by atoms with Crippen LogP contribution in [0.25, 0.3) is 0 Å². The van der Waals surface area contributed by atoms with Gasteiger partial charge in [0.25, 0.3) is 0 Å². The Morgan fingerprint density at radius 2 is 1.52 bits per heavy atom. The minimum atomic E-state index is -0.605. The molecule has 0 aliphatic rings. The minimum Gasteiger partial charge on any atom is -0.494 e. The SMILES string of the molecule is CCCCOc1ccc(C(=O)OCc2[nH]c(C(=O)OCC)c(C)c2C(=O)OCC)cc1. The molecule has 0 fully saturated rings. The number of nitrogens with one attached hydrogen (secondary N) is 1. The van der Waals surface area contributed by atoms with Crippen LogP contribution in [0, 0.1) is 6.92 Å². The van der Waals surface area contributed by atoms with Crippen molar-refractivity contribution >= 4 is 17.9 Å². The first-order chi connectivity index (χ1) is 14.9. The van der Waals surface area contributed by atoms with Crippen LogP contribution in [0.15, 0.2) is 24.3 Å². The first-order valence-electron chi connectivity index (χ1n) is 10.4. The molecule has 8 nitrogen and oxygen atoms in total. The average molecular weight is 431 g/mol. The third kappa shape index (κ3) is 6.34. The highest BCUT2D eigenvalue weighted by Crippen LogP contribution is 2.22. The summed E-state index contributed by atoms with van der Waals surface area (Å²) >= 11 is 0. The fraction of sp³-hybridized carbons (Fsp3) is 0.435. The van der Waals surface area contributed by atoms with Crippen LogP contribution < -0.4 is 4.74 Å². The first kappa shape index (κ1) is 24.0. The van der Waals surface area contributed by atoms with Crippen molar-refractivity contribution in [1.82, 2.24) is 4.98 Å². The largest absolute Gasteiger partial charge is 0.494 e. The molecule has 1 N–H and O–H groups in total. The third-order valence-electron chi connectivity index (χ3n) is 4.49. The van der Waals surface area contributed by atoms with Gasteiger partial charge in [0.2, 0.25) is 0 Å². The van der Waals surface area contributed by atoms with Gasteiger partial charge in [-0.25, -0.2) is 14.4 Å². The van der Waals surface area contributed by atoms with Crippen molar-refractivity contribution in [3.63, 3.8) is 0 Å². The molecular weight excluding hydrogens is 402 g/mol. The van der Waals surface area contributed by atoms with E-state index in [0.29, 0.717) is 23.5 Å². The number of benzene rings is 1. The zero-order chi connectivity index (χ0) is 22.8. The maximum atomic E-state index is 12.4. The van der Waals surface area contributed by atoms with Crippen molar-refractivity contribution < 1.29 is 33.3 Å². The quantitative estimate of drug-likeness (QED) is 0.323. The van der Waals surface area contributed by atoms with Gasteiger partial charge in [-0.1, -0.05) is 13.3 Å². The molecule has 1 aromatic carbocycles. The summed E-state index contributed by atoms with van der Waals surface area (Å²) in [6.45, 7) is 7.80. The summed E-state index contributed by atoms with van der Waals surface area (Å²) in [5.74, 6) is -1.10. The molecule has 0 unspecified atom stereocenters. The van der Waals surface area contributed by atoms with Crippen molar-refractivity contribution in [1.29, 1.82) is 0 Å². The Labute approximate surface area is 181 Å². The van der Waals surface area contributed by atoms with E-state index < -0.39 is 17.9 Å². The monoisotopic (exact) mass is 431 g/mol. The predicted octanol–water partition coefficient (Wildman–Crippen LogP) is 4.21. The number of unbranched alkanes of at least 4 members (excludes halogenated alkanes) is 1. The lowest BCUT2D eigenvalue weighted by Gasteiger charge is -2.08. The van der Waals surface area contributed by atoms with Crippen molar-refractivity contribution in [2.75, 3.05) is 19.8 Å². The number of H-pyrrole nitrogens is 1. The van der Waals surface area contributed by atoms with Crippen LogP contribution in [0.2, 0.25) is 0 Å². The van der Waals surface area contributed by atoms with Crippen molar-refractivity contribution in [2.24, 2.45) is 0 Å². The molecule has 2 aromatic rings. The highest BCUT2D eigenvalue weighted by Gasteiger charge is 2.26. The van der Waals surface area contributed by atoms with Crippen LogP contribution in [0.3, 0.4) is 0 Å². The Balaban J connectivity index is 2.14. The van der Waals surface area contributed by atoms with Crippen LogP contribution in [0.1, 0.15) is 76.1 Å². The van der Waals surface area contributed by atoms with E-state index in [-0.39, 0.29) is 36.8 Å². The Kier molecular flexibility index (Phi) is 9.12. The topological polar surface area (TPSA) is 104 Å². The number of carbonyl (C=O) groups excluding carboxylic acids is 3. The van der Waals surface area contributed by atoms with Gasteiger partial charge >= 0.3 is 17.9 Å². The van der Waals surface area contributed by atoms with E-state index >= 15 is 0 Å². The molecular formula is C23H29NO7. The summed E-state index contributed by atoms with van der Waals surface area (Å²) in [6.07, 6.45) is 1.99. The lowest BCUT2D eigenvalue weighted by Crippen LogP contribution is -2.11. The van der Waals surface area contributed by atoms with E-state index in [1.54, 1.807) is 45.0 Å². The number of rotatable bonds is 11. The lowest BCUT2D eigenvalue weighted by molar-refractivity contribution is 0.0445. The third-order valence-corrected chi connectivity index (χ3v) is 4.49. The van der Waals surface area contributed by atoms with Gasteiger partial charge in [0.15, 0.2) is 0 Å². The molecule has 2 rings (SSSR count). The molecule has 0 amide bonds. The maximum absolute atomic E-state index is 12.4. The maximum Gasteiger partial charge on any atom is 0.355 e. The number of hydrogen-bond acceptors (Lipinski definition) is 7. The highest BCUT2D eigenvalue weighted by molar-refractivity contribution is 5.98. The van der Waals surface area contributed by atoms with Crippen molar-refractivity contribution in [2.45, 2.75) is 47.1 Å².